The highest BCUT2D eigenvalue weighted by molar-refractivity contribution is 5.83. The van der Waals surface area contributed by atoms with E-state index in [0.29, 0.717) is 0 Å². The van der Waals surface area contributed by atoms with Gasteiger partial charge in [-0.1, -0.05) is 42.0 Å². The molecule has 4 nitrogen and oxygen atoms in total. The van der Waals surface area contributed by atoms with Crippen LogP contribution in [0.4, 0.5) is 0 Å². The highest BCUT2D eigenvalue weighted by atomic mass is 16.5. The van der Waals surface area contributed by atoms with E-state index >= 15 is 0 Å². The van der Waals surface area contributed by atoms with Gasteiger partial charge in [0.05, 0.1) is 12.1 Å². The number of benzene rings is 2. The van der Waals surface area contributed by atoms with E-state index in [1.165, 1.54) is 0 Å². The van der Waals surface area contributed by atoms with Crippen LogP contribution in [0.2, 0.25) is 0 Å². The van der Waals surface area contributed by atoms with Crippen LogP contribution in [-0.4, -0.2) is 12.0 Å². The molecule has 4 heteroatoms. The topological polar surface area (TPSA) is 64.4 Å². The van der Waals surface area contributed by atoms with Crippen molar-refractivity contribution < 1.29 is 9.53 Å². The summed E-state index contributed by atoms with van der Waals surface area (Å²) in [5, 5.41) is 2.97. The molecule has 0 radical (unpaired) electrons. The van der Waals surface area contributed by atoms with Crippen LogP contribution in [0.1, 0.15) is 49.5 Å². The van der Waals surface area contributed by atoms with Gasteiger partial charge in [0.15, 0.2) is 0 Å². The van der Waals surface area contributed by atoms with Gasteiger partial charge in [-0.25, -0.2) is 0 Å². The molecule has 2 atom stereocenters. The van der Waals surface area contributed by atoms with E-state index in [2.05, 4.69) is 5.32 Å². The quantitative estimate of drug-likeness (QED) is 0.851. The van der Waals surface area contributed by atoms with Crippen LogP contribution in [0.15, 0.2) is 48.5 Å². The summed E-state index contributed by atoms with van der Waals surface area (Å²) >= 11 is 0. The summed E-state index contributed by atoms with van der Waals surface area (Å²) < 4.78 is 5.70. The summed E-state index contributed by atoms with van der Waals surface area (Å²) in [5.41, 5.74) is 9.01. The van der Waals surface area contributed by atoms with E-state index in [1.807, 2.05) is 76.2 Å². The normalized spacial score (nSPS) is 13.4. The Morgan fingerprint density at radius 1 is 1.04 bits per heavy atom. The minimum Gasteiger partial charge on any atom is -0.491 e. The van der Waals surface area contributed by atoms with Crippen molar-refractivity contribution in [2.45, 2.75) is 45.9 Å². The van der Waals surface area contributed by atoms with Gasteiger partial charge in [-0.3, -0.25) is 4.79 Å². The molecule has 0 saturated heterocycles. The Morgan fingerprint density at radius 3 is 2.33 bits per heavy atom. The first-order valence-electron chi connectivity index (χ1n) is 8.26. The zero-order valence-electron chi connectivity index (χ0n) is 14.7. The van der Waals surface area contributed by atoms with Gasteiger partial charge in [-0.2, -0.15) is 0 Å². The first-order valence-corrected chi connectivity index (χ1v) is 8.26. The van der Waals surface area contributed by atoms with E-state index in [-0.39, 0.29) is 18.1 Å². The molecule has 0 spiro atoms. The Labute approximate surface area is 144 Å². The fraction of sp³-hybridized carbons (Fsp3) is 0.350. The molecule has 0 aliphatic heterocycles. The van der Waals surface area contributed by atoms with Crippen molar-refractivity contribution in [1.82, 2.24) is 5.32 Å². The van der Waals surface area contributed by atoms with Gasteiger partial charge in [0, 0.05) is 0 Å². The van der Waals surface area contributed by atoms with Crippen molar-refractivity contribution in [3.05, 3.63) is 65.2 Å². The smallest absolute Gasteiger partial charge is 0.241 e. The summed E-state index contributed by atoms with van der Waals surface area (Å²) in [6.07, 6.45) is 0.111. The second-order valence-corrected chi connectivity index (χ2v) is 6.36. The van der Waals surface area contributed by atoms with Gasteiger partial charge in [0.1, 0.15) is 11.8 Å². The molecule has 0 saturated carbocycles. The monoisotopic (exact) mass is 326 g/mol. The predicted octanol–water partition coefficient (Wildman–Crippen LogP) is 3.66. The van der Waals surface area contributed by atoms with Gasteiger partial charge >= 0.3 is 0 Å². The lowest BCUT2D eigenvalue weighted by atomic mass is 10.0. The molecule has 2 aromatic rings. The number of aryl methyl sites for hydroxylation is 1. The third-order valence-corrected chi connectivity index (χ3v) is 3.81. The van der Waals surface area contributed by atoms with Crippen LogP contribution >= 0.6 is 0 Å². The molecule has 0 aliphatic rings. The number of hydrogen-bond donors (Lipinski definition) is 2. The van der Waals surface area contributed by atoms with Crippen molar-refractivity contribution in [3.63, 3.8) is 0 Å². The summed E-state index contributed by atoms with van der Waals surface area (Å²) in [6, 6.07) is 14.6. The minimum absolute atomic E-state index is 0.111. The molecule has 0 aromatic heterocycles. The van der Waals surface area contributed by atoms with Crippen LogP contribution in [-0.2, 0) is 4.79 Å². The van der Waals surface area contributed by atoms with Crippen molar-refractivity contribution >= 4 is 5.91 Å². The van der Waals surface area contributed by atoms with E-state index < -0.39 is 6.04 Å². The van der Waals surface area contributed by atoms with Crippen molar-refractivity contribution in [2.75, 3.05) is 0 Å². The Bertz CT molecular complexity index is 680. The second kappa shape index (κ2) is 7.97. The minimum atomic E-state index is -0.678. The number of ether oxygens (including phenoxy) is 1. The number of carbonyl (C=O) groups excluding carboxylic acids is 1. The Kier molecular flexibility index (Phi) is 5.99. The van der Waals surface area contributed by atoms with E-state index in [0.717, 1.165) is 22.4 Å². The molecular weight excluding hydrogens is 300 g/mol. The maximum Gasteiger partial charge on any atom is 0.241 e. The van der Waals surface area contributed by atoms with Gasteiger partial charge in [-0.15, -0.1) is 0 Å². The van der Waals surface area contributed by atoms with Gasteiger partial charge < -0.3 is 15.8 Å². The second-order valence-electron chi connectivity index (χ2n) is 6.36. The van der Waals surface area contributed by atoms with E-state index in [4.69, 9.17) is 10.5 Å². The number of nitrogens with two attached hydrogens (primary N) is 1. The standard InChI is InChI=1S/C20H26N2O2/c1-13(2)24-18-7-5-6-17(12-18)15(4)22-20(23)19(21)16-10-8-14(3)9-11-16/h5-13,15,19H,21H2,1-4H3,(H,22,23). The van der Waals surface area contributed by atoms with E-state index in [1.54, 1.807) is 0 Å². The lowest BCUT2D eigenvalue weighted by molar-refractivity contribution is -0.123. The molecule has 2 unspecified atom stereocenters. The summed E-state index contributed by atoms with van der Waals surface area (Å²) in [7, 11) is 0. The molecular formula is C20H26N2O2. The lowest BCUT2D eigenvalue weighted by Crippen LogP contribution is -2.35. The van der Waals surface area contributed by atoms with Crippen molar-refractivity contribution in [3.8, 4) is 5.75 Å². The average Bonchev–Trinajstić information content (AvgIpc) is 2.54. The number of rotatable bonds is 6. The van der Waals surface area contributed by atoms with Crippen LogP contribution in [0.5, 0.6) is 5.75 Å². The largest absolute Gasteiger partial charge is 0.491 e. The summed E-state index contributed by atoms with van der Waals surface area (Å²) in [5.74, 6) is 0.605. The number of nitrogens with one attached hydrogen (secondary N) is 1. The van der Waals surface area contributed by atoms with Crippen molar-refractivity contribution in [1.29, 1.82) is 0 Å². The third-order valence-electron chi connectivity index (χ3n) is 3.81. The zero-order chi connectivity index (χ0) is 17.7. The SMILES string of the molecule is Cc1ccc(C(N)C(=O)NC(C)c2cccc(OC(C)C)c2)cc1. The molecule has 0 fully saturated rings. The maximum atomic E-state index is 12.4. The third kappa shape index (κ3) is 4.83. The highest BCUT2D eigenvalue weighted by Gasteiger charge is 2.18. The van der Waals surface area contributed by atoms with E-state index in [9.17, 15) is 4.79 Å². The summed E-state index contributed by atoms with van der Waals surface area (Å²) in [6.45, 7) is 7.91. The Hall–Kier alpha value is -2.33. The van der Waals surface area contributed by atoms with Crippen LogP contribution in [0, 0.1) is 6.92 Å². The molecule has 128 valence electrons. The molecule has 0 aliphatic carbocycles. The fourth-order valence-corrected chi connectivity index (χ4v) is 2.44. The van der Waals surface area contributed by atoms with Gasteiger partial charge in [-0.05, 0) is 51.0 Å². The molecule has 2 rings (SSSR count). The predicted molar refractivity (Wildman–Crippen MR) is 96.9 cm³/mol. The molecule has 24 heavy (non-hydrogen) atoms. The van der Waals surface area contributed by atoms with Gasteiger partial charge in [0.25, 0.3) is 0 Å². The Morgan fingerprint density at radius 2 is 1.71 bits per heavy atom. The molecule has 1 amide bonds. The molecule has 0 bridgehead atoms. The number of carbonyl (C=O) groups is 1. The summed E-state index contributed by atoms with van der Waals surface area (Å²) in [4.78, 5) is 12.4. The average molecular weight is 326 g/mol. The highest BCUT2D eigenvalue weighted by Crippen LogP contribution is 2.21. The molecule has 2 aromatic carbocycles. The lowest BCUT2D eigenvalue weighted by Gasteiger charge is -2.19. The first kappa shape index (κ1) is 18.0. The van der Waals surface area contributed by atoms with Crippen molar-refractivity contribution in [2.24, 2.45) is 5.73 Å². The molecule has 3 N–H and O–H groups in total. The van der Waals surface area contributed by atoms with Gasteiger partial charge in [0.2, 0.25) is 5.91 Å². The number of hydrogen-bond acceptors (Lipinski definition) is 3. The Balaban J connectivity index is 2.04. The van der Waals surface area contributed by atoms with Crippen LogP contribution < -0.4 is 15.8 Å². The fourth-order valence-electron chi connectivity index (χ4n) is 2.44. The maximum absolute atomic E-state index is 12.4. The zero-order valence-corrected chi connectivity index (χ0v) is 14.7. The molecule has 0 heterocycles. The van der Waals surface area contributed by atoms with Crippen LogP contribution in [0.25, 0.3) is 0 Å². The number of amides is 1. The first-order chi connectivity index (χ1) is 11.4. The van der Waals surface area contributed by atoms with Crippen LogP contribution in [0.3, 0.4) is 0 Å².